The lowest BCUT2D eigenvalue weighted by Gasteiger charge is -2.33. The molecule has 0 unspecified atom stereocenters. The number of rotatable bonds is 3. The summed E-state index contributed by atoms with van der Waals surface area (Å²) in [6.07, 6.45) is 2.31. The first-order valence-corrected chi connectivity index (χ1v) is 5.17. The van der Waals surface area contributed by atoms with E-state index in [1.54, 1.807) is 4.90 Å². The Morgan fingerprint density at radius 1 is 1.64 bits per heavy atom. The number of carbonyl (C=O) groups is 1. The van der Waals surface area contributed by atoms with Gasteiger partial charge in [-0.05, 0) is 26.7 Å². The van der Waals surface area contributed by atoms with Gasteiger partial charge in [-0.2, -0.15) is 0 Å². The molecule has 4 heteroatoms. The van der Waals surface area contributed by atoms with Crippen molar-refractivity contribution in [1.82, 2.24) is 4.90 Å². The van der Waals surface area contributed by atoms with Crippen molar-refractivity contribution >= 4 is 5.91 Å². The van der Waals surface area contributed by atoms with E-state index in [1.807, 2.05) is 13.8 Å². The van der Waals surface area contributed by atoms with Crippen molar-refractivity contribution in [3.8, 4) is 0 Å². The molecule has 1 saturated heterocycles. The zero-order chi connectivity index (χ0) is 10.6. The second-order valence-electron chi connectivity index (χ2n) is 3.95. The van der Waals surface area contributed by atoms with Crippen LogP contribution in [-0.2, 0) is 9.53 Å². The molecule has 0 radical (unpaired) electrons. The third kappa shape index (κ3) is 3.27. The lowest BCUT2D eigenvalue weighted by molar-refractivity contribution is -0.139. The average Bonchev–Trinajstić information content (AvgIpc) is 2.16. The van der Waals surface area contributed by atoms with E-state index in [9.17, 15) is 4.79 Å². The van der Waals surface area contributed by atoms with Crippen LogP contribution in [-0.4, -0.2) is 47.8 Å². The fourth-order valence-electron chi connectivity index (χ4n) is 1.76. The summed E-state index contributed by atoms with van der Waals surface area (Å²) < 4.78 is 5.64. The van der Waals surface area contributed by atoms with E-state index in [-0.39, 0.29) is 18.1 Å². The maximum Gasteiger partial charge on any atom is 0.248 e. The number of nitrogens with zero attached hydrogens (tertiary/aromatic N) is 1. The molecule has 0 saturated carbocycles. The van der Waals surface area contributed by atoms with Crippen LogP contribution < -0.4 is 0 Å². The molecule has 1 aliphatic rings. The molecule has 0 aromatic rings. The van der Waals surface area contributed by atoms with Gasteiger partial charge >= 0.3 is 0 Å². The highest BCUT2D eigenvalue weighted by Gasteiger charge is 2.23. The summed E-state index contributed by atoms with van der Waals surface area (Å²) in [5, 5.41) is 8.72. The molecule has 1 rings (SSSR count). The van der Waals surface area contributed by atoms with E-state index in [1.165, 1.54) is 0 Å². The van der Waals surface area contributed by atoms with Crippen LogP contribution in [0.3, 0.4) is 0 Å². The molecule has 14 heavy (non-hydrogen) atoms. The number of hydrogen-bond donors (Lipinski definition) is 1. The molecule has 1 aliphatic heterocycles. The topological polar surface area (TPSA) is 49.8 Å². The monoisotopic (exact) mass is 201 g/mol. The van der Waals surface area contributed by atoms with Crippen LogP contribution in [0.1, 0.15) is 26.7 Å². The minimum atomic E-state index is -0.394. The van der Waals surface area contributed by atoms with E-state index in [2.05, 4.69) is 0 Å². The van der Waals surface area contributed by atoms with Crippen LogP contribution in [0.25, 0.3) is 0 Å². The van der Waals surface area contributed by atoms with E-state index in [0.717, 1.165) is 19.4 Å². The van der Waals surface area contributed by atoms with E-state index >= 15 is 0 Å². The van der Waals surface area contributed by atoms with Crippen molar-refractivity contribution in [2.24, 2.45) is 0 Å². The standard InChI is InChI=1S/C10H19NO3/c1-8(2)14-9-4-3-5-11(6-9)10(13)7-12/h8-9,12H,3-7H2,1-2H3/t9-/m1/s1. The number of ether oxygens (including phenoxy) is 1. The number of aliphatic hydroxyl groups is 1. The van der Waals surface area contributed by atoms with Crippen molar-refractivity contribution in [3.63, 3.8) is 0 Å². The molecule has 0 aliphatic carbocycles. The second kappa shape index (κ2) is 5.32. The van der Waals surface area contributed by atoms with E-state index < -0.39 is 6.61 Å². The lowest BCUT2D eigenvalue weighted by Crippen LogP contribution is -2.44. The maximum atomic E-state index is 11.2. The minimum absolute atomic E-state index is 0.138. The Kier molecular flexibility index (Phi) is 4.35. The smallest absolute Gasteiger partial charge is 0.248 e. The van der Waals surface area contributed by atoms with Gasteiger partial charge in [0.15, 0.2) is 0 Å². The normalized spacial score (nSPS) is 22.9. The van der Waals surface area contributed by atoms with Crippen molar-refractivity contribution < 1.29 is 14.6 Å². The van der Waals surface area contributed by atoms with Crippen LogP contribution in [0.5, 0.6) is 0 Å². The molecule has 0 aromatic heterocycles. The molecular weight excluding hydrogens is 182 g/mol. The van der Waals surface area contributed by atoms with Gasteiger partial charge in [-0.15, -0.1) is 0 Å². The summed E-state index contributed by atoms with van der Waals surface area (Å²) in [6, 6.07) is 0. The van der Waals surface area contributed by atoms with Crippen LogP contribution in [0, 0.1) is 0 Å². The zero-order valence-electron chi connectivity index (χ0n) is 8.90. The Morgan fingerprint density at radius 3 is 2.93 bits per heavy atom. The van der Waals surface area contributed by atoms with E-state index in [4.69, 9.17) is 9.84 Å². The highest BCUT2D eigenvalue weighted by atomic mass is 16.5. The average molecular weight is 201 g/mol. The van der Waals surface area contributed by atoms with Gasteiger partial charge in [0.05, 0.1) is 12.2 Å². The van der Waals surface area contributed by atoms with Crippen LogP contribution in [0.2, 0.25) is 0 Å². The highest BCUT2D eigenvalue weighted by molar-refractivity contribution is 5.77. The Hall–Kier alpha value is -0.610. The fourth-order valence-corrected chi connectivity index (χ4v) is 1.76. The largest absolute Gasteiger partial charge is 0.387 e. The second-order valence-corrected chi connectivity index (χ2v) is 3.95. The van der Waals surface area contributed by atoms with Gasteiger partial charge in [-0.1, -0.05) is 0 Å². The summed E-state index contributed by atoms with van der Waals surface area (Å²) in [6.45, 7) is 4.96. The van der Waals surface area contributed by atoms with Gasteiger partial charge in [0, 0.05) is 13.1 Å². The van der Waals surface area contributed by atoms with Crippen LogP contribution in [0.4, 0.5) is 0 Å². The Bertz CT molecular complexity index is 194. The van der Waals surface area contributed by atoms with Crippen molar-refractivity contribution in [1.29, 1.82) is 0 Å². The number of piperidine rings is 1. The quantitative estimate of drug-likeness (QED) is 0.719. The Morgan fingerprint density at radius 2 is 2.36 bits per heavy atom. The molecule has 0 spiro atoms. The number of likely N-dealkylation sites (tertiary alicyclic amines) is 1. The minimum Gasteiger partial charge on any atom is -0.387 e. The summed E-state index contributed by atoms with van der Waals surface area (Å²) in [5.74, 6) is -0.193. The first-order valence-electron chi connectivity index (χ1n) is 5.17. The third-order valence-corrected chi connectivity index (χ3v) is 2.33. The summed E-state index contributed by atoms with van der Waals surface area (Å²) >= 11 is 0. The number of carbonyl (C=O) groups excluding carboxylic acids is 1. The molecule has 1 amide bonds. The molecule has 1 fully saturated rings. The van der Waals surface area contributed by atoms with Gasteiger partial charge in [0.2, 0.25) is 5.91 Å². The molecular formula is C10H19NO3. The lowest BCUT2D eigenvalue weighted by atomic mass is 10.1. The number of amides is 1. The third-order valence-electron chi connectivity index (χ3n) is 2.33. The molecule has 0 aromatic carbocycles. The molecule has 1 heterocycles. The predicted molar refractivity (Wildman–Crippen MR) is 52.9 cm³/mol. The van der Waals surface area contributed by atoms with E-state index in [0.29, 0.717) is 6.54 Å². The van der Waals surface area contributed by atoms with Gasteiger partial charge in [0.25, 0.3) is 0 Å². The first-order chi connectivity index (χ1) is 6.63. The summed E-state index contributed by atoms with van der Waals surface area (Å²) in [7, 11) is 0. The molecule has 1 N–H and O–H groups in total. The van der Waals surface area contributed by atoms with Crippen molar-refractivity contribution in [2.75, 3.05) is 19.7 Å². The number of aliphatic hydroxyl groups excluding tert-OH is 1. The molecule has 1 atom stereocenters. The van der Waals surface area contributed by atoms with Crippen molar-refractivity contribution in [3.05, 3.63) is 0 Å². The van der Waals surface area contributed by atoms with Crippen LogP contribution in [0.15, 0.2) is 0 Å². The van der Waals surface area contributed by atoms with Gasteiger partial charge in [-0.25, -0.2) is 0 Å². The Labute approximate surface area is 84.8 Å². The fraction of sp³-hybridized carbons (Fsp3) is 0.900. The molecule has 4 nitrogen and oxygen atoms in total. The molecule has 82 valence electrons. The number of hydrogen-bond acceptors (Lipinski definition) is 3. The van der Waals surface area contributed by atoms with Gasteiger partial charge < -0.3 is 14.7 Å². The van der Waals surface area contributed by atoms with Gasteiger partial charge in [0.1, 0.15) is 6.61 Å². The SMILES string of the molecule is CC(C)O[C@@H]1CCCN(C(=O)CO)C1. The highest BCUT2D eigenvalue weighted by Crippen LogP contribution is 2.14. The Balaban J connectivity index is 2.39. The van der Waals surface area contributed by atoms with Crippen molar-refractivity contribution in [2.45, 2.75) is 38.9 Å². The van der Waals surface area contributed by atoms with Crippen LogP contribution >= 0.6 is 0 Å². The molecule has 0 bridgehead atoms. The summed E-state index contributed by atoms with van der Waals surface area (Å²) in [4.78, 5) is 12.9. The zero-order valence-corrected chi connectivity index (χ0v) is 8.90. The maximum absolute atomic E-state index is 11.2. The summed E-state index contributed by atoms with van der Waals surface area (Å²) in [5.41, 5.74) is 0. The van der Waals surface area contributed by atoms with Gasteiger partial charge in [-0.3, -0.25) is 4.79 Å². The first kappa shape index (κ1) is 11.5. The predicted octanol–water partition coefficient (Wildman–Crippen LogP) is 0.395.